The van der Waals surface area contributed by atoms with Crippen molar-refractivity contribution in [3.8, 4) is 18.1 Å². The topological polar surface area (TPSA) is 58.6 Å². The second kappa shape index (κ2) is 7.23. The molecule has 0 spiro atoms. The number of halogens is 2. The molecule has 0 unspecified atom stereocenters. The van der Waals surface area contributed by atoms with Crippen LogP contribution in [-0.4, -0.2) is 29.8 Å². The molecule has 2 rings (SSSR count). The zero-order valence-electron chi connectivity index (χ0n) is 11.9. The van der Waals surface area contributed by atoms with Crippen molar-refractivity contribution >= 4 is 5.91 Å². The number of aliphatic hydroxyl groups is 1. The lowest BCUT2D eigenvalue weighted by Crippen LogP contribution is -2.45. The Morgan fingerprint density at radius 2 is 2.00 bits per heavy atom. The Bertz CT molecular complexity index is 575. The number of aliphatic hydroxyl groups excluding tert-OH is 1. The fourth-order valence-electron chi connectivity index (χ4n) is 2.47. The van der Waals surface area contributed by atoms with Crippen molar-refractivity contribution in [1.82, 2.24) is 5.32 Å². The maximum absolute atomic E-state index is 13.8. The van der Waals surface area contributed by atoms with Crippen LogP contribution in [0.25, 0.3) is 0 Å². The quantitative estimate of drug-likeness (QED) is 0.837. The van der Waals surface area contributed by atoms with Gasteiger partial charge in [-0.05, 0) is 25.0 Å². The van der Waals surface area contributed by atoms with Crippen LogP contribution in [0.5, 0.6) is 5.75 Å². The average molecular weight is 309 g/mol. The highest BCUT2D eigenvalue weighted by molar-refractivity contribution is 5.94. The normalized spacial score (nSPS) is 21.0. The summed E-state index contributed by atoms with van der Waals surface area (Å²) in [4.78, 5) is 12.1. The summed E-state index contributed by atoms with van der Waals surface area (Å²) in [5.41, 5.74) is -0.166. The smallest absolute Gasteiger partial charge is 0.251 e. The van der Waals surface area contributed by atoms with Gasteiger partial charge in [0.05, 0.1) is 12.1 Å². The largest absolute Gasteiger partial charge is 0.475 e. The van der Waals surface area contributed by atoms with Crippen molar-refractivity contribution in [3.05, 3.63) is 29.3 Å². The SMILES string of the molecule is C#CCOc1c(F)cc(C(=O)N[C@@H]2CCCC[C@H]2O)cc1F. The van der Waals surface area contributed by atoms with E-state index in [1.165, 1.54) is 0 Å². The summed E-state index contributed by atoms with van der Waals surface area (Å²) in [5.74, 6) is -1.12. The number of ether oxygens (including phenoxy) is 1. The van der Waals surface area contributed by atoms with Crippen LogP contribution in [0.4, 0.5) is 8.78 Å². The van der Waals surface area contributed by atoms with Crippen LogP contribution in [0, 0.1) is 24.0 Å². The molecule has 118 valence electrons. The summed E-state index contributed by atoms with van der Waals surface area (Å²) in [6.07, 6.45) is 7.37. The number of amides is 1. The van der Waals surface area contributed by atoms with Crippen LogP contribution in [0.3, 0.4) is 0 Å². The van der Waals surface area contributed by atoms with E-state index in [1.807, 2.05) is 0 Å². The van der Waals surface area contributed by atoms with Gasteiger partial charge in [0.1, 0.15) is 6.61 Å². The first-order valence-electron chi connectivity index (χ1n) is 7.07. The maximum atomic E-state index is 13.8. The molecular weight excluding hydrogens is 292 g/mol. The molecule has 6 heteroatoms. The van der Waals surface area contributed by atoms with Gasteiger partial charge in [0.2, 0.25) is 0 Å². The summed E-state index contributed by atoms with van der Waals surface area (Å²) >= 11 is 0. The van der Waals surface area contributed by atoms with E-state index in [-0.39, 0.29) is 12.2 Å². The second-order valence-electron chi connectivity index (χ2n) is 5.19. The van der Waals surface area contributed by atoms with E-state index in [2.05, 4.69) is 11.2 Å². The molecule has 1 aromatic carbocycles. The van der Waals surface area contributed by atoms with E-state index in [4.69, 9.17) is 11.2 Å². The molecule has 4 nitrogen and oxygen atoms in total. The van der Waals surface area contributed by atoms with Gasteiger partial charge in [-0.1, -0.05) is 18.8 Å². The molecule has 0 saturated heterocycles. The lowest BCUT2D eigenvalue weighted by molar-refractivity contribution is 0.0716. The third-order valence-corrected chi connectivity index (χ3v) is 3.61. The van der Waals surface area contributed by atoms with E-state index < -0.39 is 35.4 Å². The van der Waals surface area contributed by atoms with E-state index >= 15 is 0 Å². The van der Waals surface area contributed by atoms with Crippen LogP contribution in [0.2, 0.25) is 0 Å². The number of hydrogen-bond donors (Lipinski definition) is 2. The Labute approximate surface area is 127 Å². The molecule has 22 heavy (non-hydrogen) atoms. The third-order valence-electron chi connectivity index (χ3n) is 3.61. The molecule has 0 heterocycles. The zero-order valence-corrected chi connectivity index (χ0v) is 11.9. The maximum Gasteiger partial charge on any atom is 0.251 e. The van der Waals surface area contributed by atoms with Crippen LogP contribution in [0.1, 0.15) is 36.0 Å². The van der Waals surface area contributed by atoms with Crippen molar-refractivity contribution in [2.24, 2.45) is 0 Å². The highest BCUT2D eigenvalue weighted by Gasteiger charge is 2.25. The minimum atomic E-state index is -0.996. The lowest BCUT2D eigenvalue weighted by atomic mass is 9.92. The van der Waals surface area contributed by atoms with Crippen LogP contribution in [-0.2, 0) is 0 Å². The van der Waals surface area contributed by atoms with Gasteiger partial charge in [-0.15, -0.1) is 6.42 Å². The summed E-state index contributed by atoms with van der Waals surface area (Å²) in [6, 6.07) is 1.38. The predicted molar refractivity (Wildman–Crippen MR) is 76.4 cm³/mol. The number of carbonyl (C=O) groups excluding carboxylic acids is 1. The molecule has 0 radical (unpaired) electrons. The number of carbonyl (C=O) groups is 1. The molecule has 0 bridgehead atoms. The third kappa shape index (κ3) is 3.74. The highest BCUT2D eigenvalue weighted by atomic mass is 19.1. The van der Waals surface area contributed by atoms with Gasteiger partial charge in [-0.2, -0.15) is 0 Å². The second-order valence-corrected chi connectivity index (χ2v) is 5.19. The molecule has 1 fully saturated rings. The first kappa shape index (κ1) is 16.2. The predicted octanol–water partition coefficient (Wildman–Crippen LogP) is 2.01. The summed E-state index contributed by atoms with van der Waals surface area (Å²) < 4.78 is 32.3. The van der Waals surface area contributed by atoms with Crippen molar-refractivity contribution in [1.29, 1.82) is 0 Å². The zero-order chi connectivity index (χ0) is 16.1. The van der Waals surface area contributed by atoms with Gasteiger partial charge < -0.3 is 15.2 Å². The standard InChI is InChI=1S/C16H17F2NO3/c1-2-7-22-15-11(17)8-10(9-12(15)18)16(21)19-13-5-3-4-6-14(13)20/h1,8-9,13-14,20H,3-7H2,(H,19,21)/t13-,14-/m1/s1. The number of nitrogens with one attached hydrogen (secondary N) is 1. The van der Waals surface area contributed by atoms with Crippen molar-refractivity contribution in [2.45, 2.75) is 37.8 Å². The lowest BCUT2D eigenvalue weighted by Gasteiger charge is -2.28. The monoisotopic (exact) mass is 309 g/mol. The van der Waals surface area contributed by atoms with Crippen LogP contribution < -0.4 is 10.1 Å². The van der Waals surface area contributed by atoms with Crippen LogP contribution in [0.15, 0.2) is 12.1 Å². The van der Waals surface area contributed by atoms with Crippen molar-refractivity contribution in [2.75, 3.05) is 6.61 Å². The molecule has 1 saturated carbocycles. The fourth-order valence-corrected chi connectivity index (χ4v) is 2.47. The number of terminal acetylenes is 1. The Hall–Kier alpha value is -2.13. The summed E-state index contributed by atoms with van der Waals surface area (Å²) in [6.45, 7) is -0.270. The minimum Gasteiger partial charge on any atom is -0.475 e. The van der Waals surface area contributed by atoms with E-state index in [0.29, 0.717) is 12.8 Å². The van der Waals surface area contributed by atoms with E-state index in [1.54, 1.807) is 0 Å². The summed E-state index contributed by atoms with van der Waals surface area (Å²) in [7, 11) is 0. The average Bonchev–Trinajstić information content (AvgIpc) is 2.48. The minimum absolute atomic E-state index is 0.166. The van der Waals surface area contributed by atoms with Crippen molar-refractivity contribution < 1.29 is 23.4 Å². The van der Waals surface area contributed by atoms with Gasteiger partial charge in [0, 0.05) is 5.56 Å². The van der Waals surface area contributed by atoms with Gasteiger partial charge in [0.25, 0.3) is 5.91 Å². The molecular formula is C16H17F2NO3. The molecule has 1 aliphatic carbocycles. The van der Waals surface area contributed by atoms with Crippen LogP contribution >= 0.6 is 0 Å². The molecule has 1 aliphatic rings. The van der Waals surface area contributed by atoms with E-state index in [9.17, 15) is 18.7 Å². The first-order chi connectivity index (χ1) is 10.5. The Balaban J connectivity index is 2.11. The van der Waals surface area contributed by atoms with Gasteiger partial charge in [-0.3, -0.25) is 4.79 Å². The van der Waals surface area contributed by atoms with Crippen molar-refractivity contribution in [3.63, 3.8) is 0 Å². The number of rotatable bonds is 4. The Morgan fingerprint density at radius 1 is 1.36 bits per heavy atom. The van der Waals surface area contributed by atoms with Gasteiger partial charge in [-0.25, -0.2) is 8.78 Å². The molecule has 0 aromatic heterocycles. The molecule has 0 aliphatic heterocycles. The van der Waals surface area contributed by atoms with Gasteiger partial charge >= 0.3 is 0 Å². The molecule has 2 atom stereocenters. The molecule has 1 amide bonds. The Morgan fingerprint density at radius 3 is 2.59 bits per heavy atom. The summed E-state index contributed by atoms with van der Waals surface area (Å²) in [5, 5.41) is 12.4. The van der Waals surface area contributed by atoms with E-state index in [0.717, 1.165) is 25.0 Å². The first-order valence-corrected chi connectivity index (χ1v) is 7.07. The number of hydrogen-bond acceptors (Lipinski definition) is 3. The Kier molecular flexibility index (Phi) is 5.34. The van der Waals surface area contributed by atoms with Gasteiger partial charge in [0.15, 0.2) is 17.4 Å². The fraction of sp³-hybridized carbons (Fsp3) is 0.438. The molecule has 1 aromatic rings. The number of benzene rings is 1. The highest BCUT2D eigenvalue weighted by Crippen LogP contribution is 2.24. The molecule has 2 N–H and O–H groups in total.